The Labute approximate surface area is 88.2 Å². The predicted octanol–water partition coefficient (Wildman–Crippen LogP) is 3.27. The third-order valence-electron chi connectivity index (χ3n) is 3.45. The molecule has 2 nitrogen and oxygen atoms in total. The van der Waals surface area contributed by atoms with Gasteiger partial charge in [0, 0.05) is 19.5 Å². The number of hydrogen-bond acceptors (Lipinski definition) is 1. The van der Waals surface area contributed by atoms with Gasteiger partial charge in [-0.2, -0.15) is 0 Å². The molecule has 2 heteroatoms. The Morgan fingerprint density at radius 3 is 2.36 bits per heavy atom. The van der Waals surface area contributed by atoms with Gasteiger partial charge in [0.1, 0.15) is 0 Å². The summed E-state index contributed by atoms with van der Waals surface area (Å²) in [4.78, 5) is 2.20. The molecule has 1 rings (SSSR count). The molecule has 0 aromatic heterocycles. The van der Waals surface area contributed by atoms with Crippen LogP contribution in [0.3, 0.4) is 0 Å². The van der Waals surface area contributed by atoms with Crippen molar-refractivity contribution < 1.29 is 0 Å². The van der Waals surface area contributed by atoms with Crippen molar-refractivity contribution in [3.8, 4) is 0 Å². The molecule has 14 heavy (non-hydrogen) atoms. The van der Waals surface area contributed by atoms with Gasteiger partial charge in [0.05, 0.1) is 5.84 Å². The number of rotatable bonds is 3. The molecule has 0 bridgehead atoms. The summed E-state index contributed by atoms with van der Waals surface area (Å²) in [6.07, 6.45) is 7.27. The Kier molecular flexibility index (Phi) is 4.43. The third-order valence-corrected chi connectivity index (χ3v) is 3.45. The Hall–Kier alpha value is -0.530. The van der Waals surface area contributed by atoms with Gasteiger partial charge in [-0.05, 0) is 38.0 Å². The summed E-state index contributed by atoms with van der Waals surface area (Å²) in [5.74, 6) is 1.73. The van der Waals surface area contributed by atoms with Crippen LogP contribution in [0.2, 0.25) is 0 Å². The van der Waals surface area contributed by atoms with Crippen molar-refractivity contribution in [3.05, 3.63) is 0 Å². The van der Waals surface area contributed by atoms with Crippen LogP contribution in [-0.4, -0.2) is 23.8 Å². The molecule has 1 aliphatic carbocycles. The van der Waals surface area contributed by atoms with E-state index >= 15 is 0 Å². The smallest absolute Gasteiger partial charge is 0.0957 e. The highest BCUT2D eigenvalue weighted by Gasteiger charge is 2.22. The van der Waals surface area contributed by atoms with E-state index in [1.54, 1.807) is 0 Å². The molecule has 1 saturated carbocycles. The molecule has 1 N–H and O–H groups in total. The highest BCUT2D eigenvalue weighted by Crippen LogP contribution is 2.26. The molecule has 0 aromatic carbocycles. The van der Waals surface area contributed by atoms with Crippen LogP contribution in [0, 0.1) is 11.3 Å². The highest BCUT2D eigenvalue weighted by atomic mass is 15.2. The average Bonchev–Trinajstić information content (AvgIpc) is 2.18. The molecule has 1 fully saturated rings. The summed E-state index contributed by atoms with van der Waals surface area (Å²) in [5, 5.41) is 7.91. The van der Waals surface area contributed by atoms with Gasteiger partial charge < -0.3 is 4.90 Å². The number of hydrogen-bond donors (Lipinski definition) is 1. The van der Waals surface area contributed by atoms with Crippen molar-refractivity contribution in [2.75, 3.05) is 7.05 Å². The minimum Gasteiger partial charge on any atom is -0.361 e. The molecule has 0 aliphatic heterocycles. The maximum Gasteiger partial charge on any atom is 0.0957 e. The maximum absolute atomic E-state index is 7.91. The molecular weight excluding hydrogens is 172 g/mol. The van der Waals surface area contributed by atoms with E-state index in [2.05, 4.69) is 25.8 Å². The van der Waals surface area contributed by atoms with Crippen molar-refractivity contribution in [3.63, 3.8) is 0 Å². The zero-order chi connectivity index (χ0) is 10.6. The van der Waals surface area contributed by atoms with E-state index < -0.39 is 0 Å². The van der Waals surface area contributed by atoms with Gasteiger partial charge in [0.15, 0.2) is 0 Å². The summed E-state index contributed by atoms with van der Waals surface area (Å²) in [7, 11) is 2.10. The van der Waals surface area contributed by atoms with Crippen LogP contribution in [0.25, 0.3) is 0 Å². The summed E-state index contributed by atoms with van der Waals surface area (Å²) >= 11 is 0. The topological polar surface area (TPSA) is 27.1 Å². The van der Waals surface area contributed by atoms with Crippen LogP contribution in [0.5, 0.6) is 0 Å². The van der Waals surface area contributed by atoms with Crippen LogP contribution in [0.4, 0.5) is 0 Å². The first kappa shape index (κ1) is 11.5. The minimum atomic E-state index is 0.644. The van der Waals surface area contributed by atoms with E-state index in [-0.39, 0.29) is 0 Å². The van der Waals surface area contributed by atoms with Gasteiger partial charge in [-0.1, -0.05) is 13.8 Å². The Morgan fingerprint density at radius 1 is 1.29 bits per heavy atom. The summed E-state index contributed by atoms with van der Waals surface area (Å²) in [6, 6.07) is 0.644. The summed E-state index contributed by atoms with van der Waals surface area (Å²) in [6.45, 7) is 4.49. The number of nitrogens with zero attached hydrogens (tertiary/aromatic N) is 1. The first-order chi connectivity index (χ1) is 6.65. The van der Waals surface area contributed by atoms with Crippen molar-refractivity contribution >= 4 is 5.84 Å². The van der Waals surface area contributed by atoms with Crippen LogP contribution in [-0.2, 0) is 0 Å². The normalized spacial score (nSPS) is 27.4. The van der Waals surface area contributed by atoms with Gasteiger partial charge >= 0.3 is 0 Å². The lowest BCUT2D eigenvalue weighted by Crippen LogP contribution is -2.38. The van der Waals surface area contributed by atoms with E-state index in [1.165, 1.54) is 25.7 Å². The fraction of sp³-hybridized carbons (Fsp3) is 0.917. The fourth-order valence-electron chi connectivity index (χ4n) is 2.26. The summed E-state index contributed by atoms with van der Waals surface area (Å²) < 4.78 is 0. The van der Waals surface area contributed by atoms with Gasteiger partial charge in [0.25, 0.3) is 0 Å². The lowest BCUT2D eigenvalue weighted by molar-refractivity contribution is 0.235. The van der Waals surface area contributed by atoms with E-state index in [0.29, 0.717) is 6.04 Å². The van der Waals surface area contributed by atoms with E-state index in [9.17, 15) is 0 Å². The molecule has 0 heterocycles. The average molecular weight is 196 g/mol. The predicted molar refractivity (Wildman–Crippen MR) is 61.8 cm³/mol. The second kappa shape index (κ2) is 5.38. The molecule has 82 valence electrons. The van der Waals surface area contributed by atoms with E-state index in [4.69, 9.17) is 5.41 Å². The summed E-state index contributed by atoms with van der Waals surface area (Å²) in [5.41, 5.74) is 0. The zero-order valence-corrected chi connectivity index (χ0v) is 9.84. The number of amidine groups is 1. The molecule has 0 atom stereocenters. The Morgan fingerprint density at radius 2 is 1.86 bits per heavy atom. The van der Waals surface area contributed by atoms with E-state index in [1.807, 2.05) is 0 Å². The molecule has 0 amide bonds. The second-order valence-electron chi connectivity index (χ2n) is 4.72. The highest BCUT2D eigenvalue weighted by molar-refractivity contribution is 5.79. The van der Waals surface area contributed by atoms with Crippen molar-refractivity contribution in [1.29, 1.82) is 5.41 Å². The van der Waals surface area contributed by atoms with Crippen LogP contribution in [0.1, 0.15) is 52.4 Å². The van der Waals surface area contributed by atoms with Crippen LogP contribution in [0.15, 0.2) is 0 Å². The monoisotopic (exact) mass is 196 g/mol. The Bertz CT molecular complexity index is 181. The molecule has 0 unspecified atom stereocenters. The Balaban J connectivity index is 2.37. The molecule has 0 radical (unpaired) electrons. The SMILES string of the molecule is CCCC(=N)N(C)C1CCC(C)CC1. The largest absolute Gasteiger partial charge is 0.361 e. The van der Waals surface area contributed by atoms with Gasteiger partial charge in [-0.3, -0.25) is 5.41 Å². The lowest BCUT2D eigenvalue weighted by Gasteiger charge is -2.35. The minimum absolute atomic E-state index is 0.644. The van der Waals surface area contributed by atoms with Gasteiger partial charge in [-0.25, -0.2) is 0 Å². The standard InChI is InChI=1S/C12H24N2/c1-4-5-12(13)14(3)11-8-6-10(2)7-9-11/h10-11,13H,4-9H2,1-3H3. The fourth-order valence-corrected chi connectivity index (χ4v) is 2.26. The van der Waals surface area contributed by atoms with Gasteiger partial charge in [0.2, 0.25) is 0 Å². The molecule has 1 aliphatic rings. The lowest BCUT2D eigenvalue weighted by atomic mass is 9.86. The molecule has 0 aromatic rings. The van der Waals surface area contributed by atoms with Gasteiger partial charge in [-0.15, -0.1) is 0 Å². The van der Waals surface area contributed by atoms with Crippen LogP contribution >= 0.6 is 0 Å². The zero-order valence-electron chi connectivity index (χ0n) is 9.84. The van der Waals surface area contributed by atoms with Crippen LogP contribution < -0.4 is 0 Å². The first-order valence-corrected chi connectivity index (χ1v) is 5.95. The number of nitrogens with one attached hydrogen (secondary N) is 1. The molecule has 0 spiro atoms. The van der Waals surface area contributed by atoms with Crippen molar-refractivity contribution in [1.82, 2.24) is 4.90 Å². The van der Waals surface area contributed by atoms with Crippen molar-refractivity contribution in [2.45, 2.75) is 58.4 Å². The quantitative estimate of drug-likeness (QED) is 0.544. The van der Waals surface area contributed by atoms with E-state index in [0.717, 1.165) is 24.6 Å². The second-order valence-corrected chi connectivity index (χ2v) is 4.72. The maximum atomic E-state index is 7.91. The molecule has 0 saturated heterocycles. The molecular formula is C12H24N2. The van der Waals surface area contributed by atoms with Crippen molar-refractivity contribution in [2.24, 2.45) is 5.92 Å². The first-order valence-electron chi connectivity index (χ1n) is 5.95. The third kappa shape index (κ3) is 3.00.